The van der Waals surface area contributed by atoms with Crippen molar-refractivity contribution >= 4 is 11.9 Å². The van der Waals surface area contributed by atoms with Crippen molar-refractivity contribution in [2.75, 3.05) is 19.8 Å². The average Bonchev–Trinajstić information content (AvgIpc) is 3.63. The van der Waals surface area contributed by atoms with Gasteiger partial charge in [0.15, 0.2) is 0 Å². The van der Waals surface area contributed by atoms with Gasteiger partial charge in [-0.15, -0.1) is 0 Å². The van der Waals surface area contributed by atoms with E-state index >= 15 is 0 Å². The maximum Gasteiger partial charge on any atom is 0.330 e. The van der Waals surface area contributed by atoms with Gasteiger partial charge in [0.2, 0.25) is 0 Å². The lowest BCUT2D eigenvalue weighted by atomic mass is 9.51. The lowest BCUT2D eigenvalue weighted by Gasteiger charge is -2.58. The van der Waals surface area contributed by atoms with E-state index in [-0.39, 0.29) is 25.1 Å². The Morgan fingerprint density at radius 1 is 1.13 bits per heavy atom. The summed E-state index contributed by atoms with van der Waals surface area (Å²) in [6, 6.07) is 0. The highest BCUT2D eigenvalue weighted by molar-refractivity contribution is 5.82. The van der Waals surface area contributed by atoms with Gasteiger partial charge in [-0.25, -0.2) is 4.79 Å². The predicted molar refractivity (Wildman–Crippen MR) is 136 cm³/mol. The third-order valence-corrected chi connectivity index (χ3v) is 9.55. The zero-order valence-corrected chi connectivity index (χ0v) is 22.7. The third-order valence-electron chi connectivity index (χ3n) is 9.55. The molecule has 2 saturated heterocycles. The molecular weight excluding hydrogens is 492 g/mol. The third kappa shape index (κ3) is 4.46. The number of epoxide rings is 1. The first-order valence-electron chi connectivity index (χ1n) is 13.7. The van der Waals surface area contributed by atoms with E-state index in [1.165, 1.54) is 6.08 Å². The fourth-order valence-electron chi connectivity index (χ4n) is 7.02. The summed E-state index contributed by atoms with van der Waals surface area (Å²) in [5.74, 6) is -0.835. The topological polar surface area (TPSA) is 124 Å². The van der Waals surface area contributed by atoms with Crippen LogP contribution in [0.25, 0.3) is 0 Å². The van der Waals surface area contributed by atoms with Gasteiger partial charge in [-0.05, 0) is 45.6 Å². The summed E-state index contributed by atoms with van der Waals surface area (Å²) < 4.78 is 30.5. The largest absolute Gasteiger partial charge is 0.462 e. The molecule has 0 aromatic heterocycles. The zero-order chi connectivity index (χ0) is 27.3. The molecule has 9 unspecified atom stereocenters. The van der Waals surface area contributed by atoms with E-state index in [0.29, 0.717) is 38.9 Å². The van der Waals surface area contributed by atoms with E-state index in [2.05, 4.69) is 0 Å². The molecule has 1 saturated carbocycles. The van der Waals surface area contributed by atoms with Crippen LogP contribution in [0.1, 0.15) is 59.8 Å². The molecule has 0 amide bonds. The number of esters is 2. The van der Waals surface area contributed by atoms with Gasteiger partial charge in [0.1, 0.15) is 24.4 Å². The molecule has 0 radical (unpaired) electrons. The number of ether oxygens (including phenoxy) is 5. The van der Waals surface area contributed by atoms with Crippen molar-refractivity contribution in [3.8, 4) is 0 Å². The van der Waals surface area contributed by atoms with Crippen molar-refractivity contribution in [2.24, 2.45) is 10.8 Å². The molecule has 0 aromatic rings. The zero-order valence-electron chi connectivity index (χ0n) is 22.7. The summed E-state index contributed by atoms with van der Waals surface area (Å²) in [7, 11) is 0. The minimum absolute atomic E-state index is 0.00710. The van der Waals surface area contributed by atoms with Crippen LogP contribution in [-0.4, -0.2) is 84.2 Å². The first-order chi connectivity index (χ1) is 18.0. The van der Waals surface area contributed by atoms with Crippen molar-refractivity contribution in [3.63, 3.8) is 0 Å². The van der Waals surface area contributed by atoms with Crippen LogP contribution >= 0.6 is 0 Å². The van der Waals surface area contributed by atoms with Crippen molar-refractivity contribution in [2.45, 2.75) is 102 Å². The van der Waals surface area contributed by atoms with Gasteiger partial charge in [-0.2, -0.15) is 0 Å². The molecule has 2 N–H and O–H groups in total. The highest BCUT2D eigenvalue weighted by atomic mass is 16.6. The van der Waals surface area contributed by atoms with Crippen LogP contribution in [0, 0.1) is 10.8 Å². The van der Waals surface area contributed by atoms with Crippen molar-refractivity contribution < 1.29 is 43.5 Å². The van der Waals surface area contributed by atoms with Crippen LogP contribution in [0.4, 0.5) is 0 Å². The van der Waals surface area contributed by atoms with Gasteiger partial charge in [0.05, 0.1) is 43.0 Å². The summed E-state index contributed by atoms with van der Waals surface area (Å²) >= 11 is 0. The van der Waals surface area contributed by atoms with Gasteiger partial charge in [0.25, 0.3) is 0 Å². The predicted octanol–water partition coefficient (Wildman–Crippen LogP) is 2.54. The maximum absolute atomic E-state index is 13.0. The monoisotopic (exact) mass is 532 g/mol. The SMILES string of the molecule is CC1=CC(=O)OCC23CC(O)C(C)=CC2OC2CC(OC(=O)CCC=CC(C(C)O)OCC1)C3(C)C21CO1. The molecule has 2 spiro atoms. The number of rotatable bonds is 1. The molecule has 38 heavy (non-hydrogen) atoms. The number of hydrogen-bond acceptors (Lipinski definition) is 9. The van der Waals surface area contributed by atoms with Crippen LogP contribution in [0.15, 0.2) is 35.5 Å². The number of carbonyl (C=O) groups is 2. The minimum Gasteiger partial charge on any atom is -0.462 e. The quantitative estimate of drug-likeness (QED) is 0.298. The Labute approximate surface area is 223 Å². The molecule has 9 atom stereocenters. The first-order valence-corrected chi connectivity index (χ1v) is 13.7. The summed E-state index contributed by atoms with van der Waals surface area (Å²) in [4.78, 5) is 26.0. The molecular formula is C29H40O9. The number of hydrogen-bond donors (Lipinski definition) is 2. The average molecular weight is 533 g/mol. The summed E-state index contributed by atoms with van der Waals surface area (Å²) in [6.07, 6.45) is 5.66. The lowest BCUT2D eigenvalue weighted by Crippen LogP contribution is -2.68. The Bertz CT molecular complexity index is 1040. The van der Waals surface area contributed by atoms with Crippen molar-refractivity contribution in [1.29, 1.82) is 0 Å². The molecule has 3 fully saturated rings. The second kappa shape index (κ2) is 10.2. The van der Waals surface area contributed by atoms with Crippen LogP contribution in [0.2, 0.25) is 0 Å². The molecule has 0 aromatic carbocycles. The van der Waals surface area contributed by atoms with E-state index in [9.17, 15) is 19.8 Å². The molecule has 2 aliphatic carbocycles. The fourth-order valence-corrected chi connectivity index (χ4v) is 7.02. The second-order valence-electron chi connectivity index (χ2n) is 11.8. The number of allylic oxidation sites excluding steroid dienone is 1. The van der Waals surface area contributed by atoms with E-state index in [4.69, 9.17) is 23.7 Å². The molecule has 9 heteroatoms. The van der Waals surface area contributed by atoms with E-state index in [0.717, 1.165) is 11.1 Å². The first kappa shape index (κ1) is 27.5. The second-order valence-corrected chi connectivity index (χ2v) is 11.8. The molecule has 5 rings (SSSR count). The van der Waals surface area contributed by atoms with Gasteiger partial charge in [-0.3, -0.25) is 4.79 Å². The minimum atomic E-state index is -0.850. The van der Waals surface area contributed by atoms with Crippen molar-refractivity contribution in [1.82, 2.24) is 0 Å². The Morgan fingerprint density at radius 3 is 2.61 bits per heavy atom. The van der Waals surface area contributed by atoms with Crippen LogP contribution < -0.4 is 0 Å². The van der Waals surface area contributed by atoms with E-state index < -0.39 is 52.9 Å². The summed E-state index contributed by atoms with van der Waals surface area (Å²) in [5, 5.41) is 21.1. The Kier molecular flexibility index (Phi) is 7.37. The van der Waals surface area contributed by atoms with Crippen LogP contribution in [0.3, 0.4) is 0 Å². The van der Waals surface area contributed by atoms with Crippen LogP contribution in [-0.2, 0) is 33.3 Å². The van der Waals surface area contributed by atoms with Gasteiger partial charge < -0.3 is 33.9 Å². The molecule has 5 aliphatic rings. The molecule has 2 bridgehead atoms. The van der Waals surface area contributed by atoms with E-state index in [1.54, 1.807) is 13.0 Å². The molecule has 3 heterocycles. The summed E-state index contributed by atoms with van der Waals surface area (Å²) in [6.45, 7) is 8.17. The maximum atomic E-state index is 13.0. The Balaban J connectivity index is 1.50. The highest BCUT2D eigenvalue weighted by Crippen LogP contribution is 2.72. The lowest BCUT2D eigenvalue weighted by molar-refractivity contribution is -0.239. The Hall–Kier alpha value is -2.04. The fraction of sp³-hybridized carbons (Fsp3) is 0.724. The van der Waals surface area contributed by atoms with Gasteiger partial charge in [0, 0.05) is 24.3 Å². The molecule has 3 aliphatic heterocycles. The number of aliphatic hydroxyl groups excluding tert-OH is 2. The van der Waals surface area contributed by atoms with Gasteiger partial charge in [-0.1, -0.05) is 30.7 Å². The van der Waals surface area contributed by atoms with Gasteiger partial charge >= 0.3 is 11.9 Å². The van der Waals surface area contributed by atoms with E-state index in [1.807, 2.05) is 32.9 Å². The molecule has 9 nitrogen and oxygen atoms in total. The van der Waals surface area contributed by atoms with Crippen LogP contribution in [0.5, 0.6) is 0 Å². The standard InChI is InChI=1S/C29H40O9/c1-17-9-10-34-21(19(3)30)7-5-6-8-25(32)38-22-13-24-29(16-36-29)27(22,4)28(15-35-26(33)11-17)14-20(31)18(2)12-23(28)37-24/h5,7,11-12,19-24,30-31H,6,8-10,13-16H2,1-4H3. The number of aliphatic hydroxyl groups is 2. The molecule has 210 valence electrons. The normalized spacial score (nSPS) is 44.6. The van der Waals surface area contributed by atoms with Crippen molar-refractivity contribution in [3.05, 3.63) is 35.5 Å². The summed E-state index contributed by atoms with van der Waals surface area (Å²) in [5.41, 5.74) is -0.648. The Morgan fingerprint density at radius 2 is 1.89 bits per heavy atom. The number of cyclic esters (lactones) is 1. The number of carbonyl (C=O) groups excluding carboxylic acids is 2. The highest BCUT2D eigenvalue weighted by Gasteiger charge is 2.83. The smallest absolute Gasteiger partial charge is 0.330 e.